The number of rotatable bonds is 3. The van der Waals surface area contributed by atoms with Crippen molar-refractivity contribution in [2.75, 3.05) is 4.90 Å². The molecule has 0 spiro atoms. The number of anilines is 1. The number of aromatic hydroxyl groups is 1. The molecule has 1 amide bonds. The Hall–Kier alpha value is -3.64. The molecule has 0 aliphatic carbocycles. The van der Waals surface area contributed by atoms with Gasteiger partial charge in [0.1, 0.15) is 17.3 Å². The number of Topliss-reactive ketones (excluding diaryl/α,β-unsaturated/α-hetero) is 1. The van der Waals surface area contributed by atoms with E-state index in [4.69, 9.17) is 11.6 Å². The van der Waals surface area contributed by atoms with Gasteiger partial charge in [-0.1, -0.05) is 23.7 Å². The summed E-state index contributed by atoms with van der Waals surface area (Å²) < 4.78 is 13.8. The summed E-state index contributed by atoms with van der Waals surface area (Å²) in [6, 6.07) is 12.8. The zero-order chi connectivity index (χ0) is 24.0. The fourth-order valence-electron chi connectivity index (χ4n) is 4.14. The van der Waals surface area contributed by atoms with Crippen LogP contribution in [0.1, 0.15) is 33.9 Å². The lowest BCUT2D eigenvalue weighted by molar-refractivity contribution is -0.132. The van der Waals surface area contributed by atoms with Crippen LogP contribution < -0.4 is 4.90 Å². The topological polar surface area (TPSA) is 77.8 Å². The smallest absolute Gasteiger partial charge is 0.300 e. The van der Waals surface area contributed by atoms with E-state index in [1.807, 2.05) is 19.9 Å². The predicted octanol–water partition coefficient (Wildman–Crippen LogP) is 5.74. The number of halogens is 2. The van der Waals surface area contributed by atoms with E-state index in [-0.39, 0.29) is 27.5 Å². The van der Waals surface area contributed by atoms with Gasteiger partial charge >= 0.3 is 0 Å². The lowest BCUT2D eigenvalue weighted by Gasteiger charge is -2.26. The van der Waals surface area contributed by atoms with Gasteiger partial charge in [-0.05, 0) is 85.5 Å². The van der Waals surface area contributed by atoms with E-state index in [0.29, 0.717) is 11.3 Å². The molecule has 1 fully saturated rings. The second kappa shape index (κ2) is 8.37. The third-order valence-electron chi connectivity index (χ3n) is 5.65. The third kappa shape index (κ3) is 3.98. The molecule has 0 bridgehead atoms. The molecule has 3 aromatic rings. The summed E-state index contributed by atoms with van der Waals surface area (Å²) in [7, 11) is 0. The normalized spacial score (nSPS) is 17.6. The summed E-state index contributed by atoms with van der Waals surface area (Å²) in [5.41, 5.74) is 3.04. The van der Waals surface area contributed by atoms with E-state index in [1.165, 1.54) is 48.2 Å². The van der Waals surface area contributed by atoms with Crippen LogP contribution in [0.25, 0.3) is 5.76 Å². The minimum atomic E-state index is -1.00. The van der Waals surface area contributed by atoms with Gasteiger partial charge in [-0.15, -0.1) is 0 Å². The molecule has 1 atom stereocenters. The van der Waals surface area contributed by atoms with Gasteiger partial charge in [0.25, 0.3) is 11.7 Å². The van der Waals surface area contributed by atoms with Gasteiger partial charge in [-0.3, -0.25) is 14.5 Å². The number of hydrogen-bond acceptors (Lipinski definition) is 4. The van der Waals surface area contributed by atoms with Crippen LogP contribution in [-0.2, 0) is 9.59 Å². The van der Waals surface area contributed by atoms with Crippen molar-refractivity contribution in [3.63, 3.8) is 0 Å². The fraction of sp³-hybridized carbons (Fsp3) is 0.154. The van der Waals surface area contributed by atoms with E-state index in [1.54, 1.807) is 12.1 Å². The van der Waals surface area contributed by atoms with Gasteiger partial charge in [-0.2, -0.15) is 0 Å². The number of aryl methyl sites for hydroxylation is 3. The van der Waals surface area contributed by atoms with Crippen LogP contribution in [0.5, 0.6) is 5.75 Å². The number of ketones is 1. The standard InChI is InChI=1S/C26H21ClFNO4/c1-13-8-14(2)10-18(9-13)29-23(16-5-7-21(30)19(27)12-16)22(25(32)26(29)33)24(31)17-4-6-20(28)15(3)11-17/h4-12,23,30-31H,1-3H3/b24-22-. The molecule has 168 valence electrons. The molecule has 1 saturated heterocycles. The largest absolute Gasteiger partial charge is 0.507 e. The minimum absolute atomic E-state index is 0.0381. The van der Waals surface area contributed by atoms with Crippen molar-refractivity contribution in [2.24, 2.45) is 0 Å². The second-order valence-electron chi connectivity index (χ2n) is 8.19. The van der Waals surface area contributed by atoms with E-state index in [0.717, 1.165) is 11.1 Å². The highest BCUT2D eigenvalue weighted by molar-refractivity contribution is 6.51. The summed E-state index contributed by atoms with van der Waals surface area (Å²) in [5, 5.41) is 21.0. The number of aliphatic hydroxyl groups excluding tert-OH is 1. The Morgan fingerprint density at radius 2 is 1.64 bits per heavy atom. The molecule has 1 aliphatic rings. The maximum atomic E-state index is 13.8. The molecule has 2 N–H and O–H groups in total. The molecule has 0 saturated carbocycles. The van der Waals surface area contributed by atoms with Crippen molar-refractivity contribution in [3.05, 3.63) is 98.8 Å². The molecule has 1 unspecified atom stereocenters. The number of aliphatic hydroxyl groups is 1. The van der Waals surface area contributed by atoms with Crippen LogP contribution in [0.2, 0.25) is 5.02 Å². The Morgan fingerprint density at radius 3 is 2.24 bits per heavy atom. The number of phenolic OH excluding ortho intramolecular Hbond substituents is 1. The van der Waals surface area contributed by atoms with E-state index in [2.05, 4.69) is 0 Å². The zero-order valence-electron chi connectivity index (χ0n) is 18.2. The predicted molar refractivity (Wildman–Crippen MR) is 125 cm³/mol. The first kappa shape index (κ1) is 22.6. The summed E-state index contributed by atoms with van der Waals surface area (Å²) in [4.78, 5) is 27.7. The Morgan fingerprint density at radius 1 is 0.970 bits per heavy atom. The van der Waals surface area contributed by atoms with Gasteiger partial charge in [0.2, 0.25) is 0 Å². The number of nitrogens with zero attached hydrogens (tertiary/aromatic N) is 1. The first-order valence-corrected chi connectivity index (χ1v) is 10.6. The van der Waals surface area contributed by atoms with Crippen LogP contribution in [0, 0.1) is 26.6 Å². The van der Waals surface area contributed by atoms with E-state index in [9.17, 15) is 24.2 Å². The van der Waals surface area contributed by atoms with Crippen molar-refractivity contribution in [3.8, 4) is 5.75 Å². The summed E-state index contributed by atoms with van der Waals surface area (Å²) >= 11 is 6.13. The highest BCUT2D eigenvalue weighted by Crippen LogP contribution is 2.44. The summed E-state index contributed by atoms with van der Waals surface area (Å²) in [6.07, 6.45) is 0. The first-order valence-electron chi connectivity index (χ1n) is 10.2. The van der Waals surface area contributed by atoms with Crippen molar-refractivity contribution < 1.29 is 24.2 Å². The van der Waals surface area contributed by atoms with Crippen molar-refractivity contribution >= 4 is 34.7 Å². The van der Waals surface area contributed by atoms with Gasteiger partial charge in [0, 0.05) is 11.3 Å². The number of phenols is 1. The van der Waals surface area contributed by atoms with Gasteiger partial charge in [0.05, 0.1) is 16.6 Å². The zero-order valence-corrected chi connectivity index (χ0v) is 18.9. The third-order valence-corrected chi connectivity index (χ3v) is 5.95. The first-order chi connectivity index (χ1) is 15.6. The Labute approximate surface area is 195 Å². The molecular formula is C26H21ClFNO4. The highest BCUT2D eigenvalue weighted by Gasteiger charge is 2.47. The molecule has 7 heteroatoms. The maximum absolute atomic E-state index is 13.8. The van der Waals surface area contributed by atoms with Gasteiger partial charge in [-0.25, -0.2) is 4.39 Å². The lowest BCUT2D eigenvalue weighted by Crippen LogP contribution is -2.29. The van der Waals surface area contributed by atoms with Crippen LogP contribution in [-0.4, -0.2) is 21.9 Å². The molecule has 5 nitrogen and oxygen atoms in total. The average Bonchev–Trinajstić information content (AvgIpc) is 3.01. The number of carbonyl (C=O) groups excluding carboxylic acids is 2. The number of hydrogen-bond donors (Lipinski definition) is 2. The molecule has 1 aliphatic heterocycles. The molecule has 1 heterocycles. The molecule has 0 radical (unpaired) electrons. The Kier molecular flexibility index (Phi) is 5.72. The van der Waals surface area contributed by atoms with Gasteiger partial charge in [0.15, 0.2) is 0 Å². The van der Waals surface area contributed by atoms with Crippen molar-refractivity contribution in [1.82, 2.24) is 0 Å². The monoisotopic (exact) mass is 465 g/mol. The quantitative estimate of drug-likeness (QED) is 0.294. The van der Waals surface area contributed by atoms with Crippen molar-refractivity contribution in [2.45, 2.75) is 26.8 Å². The lowest BCUT2D eigenvalue weighted by atomic mass is 9.94. The molecule has 0 aromatic heterocycles. The van der Waals surface area contributed by atoms with E-state index < -0.39 is 29.3 Å². The molecule has 4 rings (SSSR count). The van der Waals surface area contributed by atoms with Gasteiger partial charge < -0.3 is 10.2 Å². The van der Waals surface area contributed by atoms with Crippen LogP contribution in [0.15, 0.2) is 60.2 Å². The van der Waals surface area contributed by atoms with Crippen molar-refractivity contribution in [1.29, 1.82) is 0 Å². The second-order valence-corrected chi connectivity index (χ2v) is 8.60. The number of benzene rings is 3. The van der Waals surface area contributed by atoms with Crippen LogP contribution in [0.3, 0.4) is 0 Å². The average molecular weight is 466 g/mol. The minimum Gasteiger partial charge on any atom is -0.507 e. The fourth-order valence-corrected chi connectivity index (χ4v) is 4.33. The maximum Gasteiger partial charge on any atom is 0.300 e. The Bertz CT molecular complexity index is 1330. The highest BCUT2D eigenvalue weighted by atomic mass is 35.5. The summed E-state index contributed by atoms with van der Waals surface area (Å²) in [6.45, 7) is 5.29. The number of carbonyl (C=O) groups is 2. The summed E-state index contributed by atoms with van der Waals surface area (Å²) in [5.74, 6) is -2.71. The molecular weight excluding hydrogens is 445 g/mol. The van der Waals surface area contributed by atoms with Crippen LogP contribution in [0.4, 0.5) is 10.1 Å². The molecule has 33 heavy (non-hydrogen) atoms. The van der Waals surface area contributed by atoms with Crippen LogP contribution >= 0.6 is 11.6 Å². The SMILES string of the molecule is Cc1cc(C)cc(N2C(=O)C(=O)/C(=C(\O)c3ccc(F)c(C)c3)C2c2ccc(O)c(Cl)c2)c1. The van der Waals surface area contributed by atoms with E-state index >= 15 is 0 Å². The Balaban J connectivity index is 2.00. The number of amides is 1. The molecule has 3 aromatic carbocycles.